The van der Waals surface area contributed by atoms with Crippen molar-refractivity contribution in [2.45, 2.75) is 20.1 Å². The van der Waals surface area contributed by atoms with E-state index in [-0.39, 0.29) is 18.3 Å². The molecule has 0 fully saturated rings. The molecule has 7 heteroatoms. The number of halogens is 1. The molecule has 0 bridgehead atoms. The smallest absolute Gasteiger partial charge is 0.266 e. The number of hydrogen-bond donors (Lipinski definition) is 1. The minimum Gasteiger partial charge on any atom is -0.489 e. The van der Waals surface area contributed by atoms with Gasteiger partial charge in [-0.3, -0.25) is 9.48 Å². The molecule has 0 aliphatic rings. The Bertz CT molecular complexity index is 1150. The Morgan fingerprint density at radius 3 is 2.77 bits per heavy atom. The third-order valence-electron chi connectivity index (χ3n) is 4.43. The van der Waals surface area contributed by atoms with E-state index in [0.717, 1.165) is 11.1 Å². The number of thiophene rings is 1. The summed E-state index contributed by atoms with van der Waals surface area (Å²) < 4.78 is 20.6. The van der Waals surface area contributed by atoms with E-state index in [2.05, 4.69) is 41.6 Å². The van der Waals surface area contributed by atoms with Crippen LogP contribution in [0.15, 0.2) is 72.2 Å². The number of carbonyl (C=O) groups excluding carboxylic acids is 1. The average molecular weight is 421 g/mol. The lowest BCUT2D eigenvalue weighted by Gasteiger charge is -2.04. The summed E-state index contributed by atoms with van der Waals surface area (Å²) in [6.45, 7) is 2.95. The fraction of sp³-hybridized carbons (Fsp3) is 0.130. The largest absolute Gasteiger partial charge is 0.489 e. The maximum atomic E-state index is 13.2. The SMILES string of the molecule is Cc1ccc(Cn2ccc(NC(=O)c3cc(COc4cccc(F)c4)cs3)n2)cc1. The predicted molar refractivity (Wildman–Crippen MR) is 116 cm³/mol. The first-order valence-electron chi connectivity index (χ1n) is 9.41. The predicted octanol–water partition coefficient (Wildman–Crippen LogP) is 5.27. The second-order valence-corrected chi connectivity index (χ2v) is 7.81. The average Bonchev–Trinajstić information content (AvgIpc) is 3.38. The summed E-state index contributed by atoms with van der Waals surface area (Å²) in [6.07, 6.45) is 1.84. The first-order valence-corrected chi connectivity index (χ1v) is 10.3. The van der Waals surface area contributed by atoms with Gasteiger partial charge < -0.3 is 10.1 Å². The van der Waals surface area contributed by atoms with Gasteiger partial charge in [0.25, 0.3) is 5.91 Å². The van der Waals surface area contributed by atoms with Crippen LogP contribution in [0, 0.1) is 12.7 Å². The number of carbonyl (C=O) groups is 1. The van der Waals surface area contributed by atoms with Gasteiger partial charge in [0, 0.05) is 23.9 Å². The van der Waals surface area contributed by atoms with Crippen LogP contribution in [0.1, 0.15) is 26.4 Å². The van der Waals surface area contributed by atoms with Crippen LogP contribution in [0.4, 0.5) is 10.2 Å². The second-order valence-electron chi connectivity index (χ2n) is 6.90. The van der Waals surface area contributed by atoms with Crippen molar-refractivity contribution in [3.05, 3.63) is 99.6 Å². The third kappa shape index (κ3) is 5.12. The summed E-state index contributed by atoms with van der Waals surface area (Å²) in [5.41, 5.74) is 3.20. The molecule has 0 unspecified atom stereocenters. The van der Waals surface area contributed by atoms with Crippen LogP contribution in [0.2, 0.25) is 0 Å². The van der Waals surface area contributed by atoms with Crippen molar-refractivity contribution < 1.29 is 13.9 Å². The summed E-state index contributed by atoms with van der Waals surface area (Å²) in [6, 6.07) is 17.8. The Morgan fingerprint density at radius 2 is 1.97 bits per heavy atom. The van der Waals surface area contributed by atoms with E-state index in [0.29, 0.717) is 23.0 Å². The number of anilines is 1. The summed E-state index contributed by atoms with van der Waals surface area (Å²) >= 11 is 1.33. The maximum absolute atomic E-state index is 13.2. The van der Waals surface area contributed by atoms with Gasteiger partial charge in [0.2, 0.25) is 0 Å². The molecule has 2 heterocycles. The van der Waals surface area contributed by atoms with Gasteiger partial charge in [-0.25, -0.2) is 4.39 Å². The van der Waals surface area contributed by atoms with Crippen molar-refractivity contribution in [2.75, 3.05) is 5.32 Å². The van der Waals surface area contributed by atoms with Crippen LogP contribution < -0.4 is 10.1 Å². The molecule has 2 aromatic carbocycles. The summed E-state index contributed by atoms with van der Waals surface area (Å²) in [4.78, 5) is 13.1. The van der Waals surface area contributed by atoms with Crippen LogP contribution >= 0.6 is 11.3 Å². The molecule has 1 amide bonds. The van der Waals surface area contributed by atoms with Crippen molar-refractivity contribution in [1.82, 2.24) is 9.78 Å². The number of rotatable bonds is 7. The molecule has 0 radical (unpaired) electrons. The fourth-order valence-corrected chi connectivity index (χ4v) is 3.66. The standard InChI is InChI=1S/C23H20FN3O2S/c1-16-5-7-17(8-6-16)13-27-10-9-22(26-27)25-23(28)21-11-18(15-30-21)14-29-20-4-2-3-19(24)12-20/h2-12,15H,13-14H2,1H3,(H,25,26,28). The van der Waals surface area contributed by atoms with E-state index in [1.54, 1.807) is 28.9 Å². The molecule has 4 rings (SSSR count). The van der Waals surface area contributed by atoms with E-state index in [4.69, 9.17) is 4.74 Å². The molecule has 0 aliphatic heterocycles. The van der Waals surface area contributed by atoms with Gasteiger partial charge in [-0.1, -0.05) is 35.9 Å². The van der Waals surface area contributed by atoms with Crippen molar-refractivity contribution >= 4 is 23.1 Å². The first-order chi connectivity index (χ1) is 14.5. The van der Waals surface area contributed by atoms with Crippen molar-refractivity contribution in [3.63, 3.8) is 0 Å². The highest BCUT2D eigenvalue weighted by Gasteiger charge is 2.12. The molecular formula is C23H20FN3O2S. The topological polar surface area (TPSA) is 56.2 Å². The quantitative estimate of drug-likeness (QED) is 0.442. The molecule has 0 spiro atoms. The molecule has 2 aromatic heterocycles. The van der Waals surface area contributed by atoms with Gasteiger partial charge in [0.1, 0.15) is 18.2 Å². The minimum absolute atomic E-state index is 0.224. The molecule has 30 heavy (non-hydrogen) atoms. The molecule has 152 valence electrons. The van der Waals surface area contributed by atoms with Gasteiger partial charge in [0.15, 0.2) is 5.82 Å². The number of aryl methyl sites for hydroxylation is 1. The number of aromatic nitrogens is 2. The normalized spacial score (nSPS) is 10.7. The molecule has 0 saturated carbocycles. The Balaban J connectivity index is 1.33. The molecule has 0 atom stereocenters. The van der Waals surface area contributed by atoms with E-state index in [1.165, 1.54) is 29.0 Å². The van der Waals surface area contributed by atoms with Gasteiger partial charge in [-0.15, -0.1) is 11.3 Å². The van der Waals surface area contributed by atoms with Crippen molar-refractivity contribution in [2.24, 2.45) is 0 Å². The lowest BCUT2D eigenvalue weighted by atomic mass is 10.1. The van der Waals surface area contributed by atoms with Crippen LogP contribution in [0.5, 0.6) is 5.75 Å². The zero-order valence-electron chi connectivity index (χ0n) is 16.3. The fourth-order valence-electron chi connectivity index (χ4n) is 2.87. The van der Waals surface area contributed by atoms with E-state index < -0.39 is 0 Å². The minimum atomic E-state index is -0.347. The number of nitrogens with zero attached hydrogens (tertiary/aromatic N) is 2. The number of hydrogen-bond acceptors (Lipinski definition) is 4. The van der Waals surface area contributed by atoms with E-state index in [9.17, 15) is 9.18 Å². The number of nitrogens with one attached hydrogen (secondary N) is 1. The number of amides is 1. The third-order valence-corrected chi connectivity index (χ3v) is 5.40. The van der Waals surface area contributed by atoms with E-state index >= 15 is 0 Å². The number of ether oxygens (including phenoxy) is 1. The Hall–Kier alpha value is -3.45. The van der Waals surface area contributed by atoms with Crippen LogP contribution in [-0.4, -0.2) is 15.7 Å². The molecule has 5 nitrogen and oxygen atoms in total. The molecular weight excluding hydrogens is 401 g/mol. The number of benzene rings is 2. The van der Waals surface area contributed by atoms with Crippen molar-refractivity contribution in [3.8, 4) is 5.75 Å². The Morgan fingerprint density at radius 1 is 1.13 bits per heavy atom. The van der Waals surface area contributed by atoms with E-state index in [1.807, 2.05) is 11.6 Å². The summed E-state index contributed by atoms with van der Waals surface area (Å²) in [7, 11) is 0. The van der Waals surface area contributed by atoms with Gasteiger partial charge in [0.05, 0.1) is 11.4 Å². The molecule has 1 N–H and O–H groups in total. The van der Waals surface area contributed by atoms with Crippen LogP contribution in [-0.2, 0) is 13.2 Å². The Labute approximate surface area is 177 Å². The van der Waals surface area contributed by atoms with Crippen LogP contribution in [0.25, 0.3) is 0 Å². The highest BCUT2D eigenvalue weighted by Crippen LogP contribution is 2.19. The summed E-state index contributed by atoms with van der Waals surface area (Å²) in [5.74, 6) is 0.377. The zero-order chi connectivity index (χ0) is 20.9. The monoisotopic (exact) mass is 421 g/mol. The van der Waals surface area contributed by atoms with Gasteiger partial charge in [-0.05, 0) is 36.1 Å². The zero-order valence-corrected chi connectivity index (χ0v) is 17.2. The molecule has 4 aromatic rings. The summed E-state index contributed by atoms with van der Waals surface area (Å²) in [5, 5.41) is 9.08. The van der Waals surface area contributed by atoms with Gasteiger partial charge in [-0.2, -0.15) is 5.10 Å². The van der Waals surface area contributed by atoms with Crippen LogP contribution in [0.3, 0.4) is 0 Å². The van der Waals surface area contributed by atoms with Crippen molar-refractivity contribution in [1.29, 1.82) is 0 Å². The lowest BCUT2D eigenvalue weighted by molar-refractivity contribution is 0.103. The molecule has 0 saturated heterocycles. The maximum Gasteiger partial charge on any atom is 0.266 e. The highest BCUT2D eigenvalue weighted by molar-refractivity contribution is 7.12. The second kappa shape index (κ2) is 8.92. The molecule has 0 aliphatic carbocycles. The first kappa shape index (κ1) is 19.8. The lowest BCUT2D eigenvalue weighted by Crippen LogP contribution is -2.11. The highest BCUT2D eigenvalue weighted by atomic mass is 32.1. The Kier molecular flexibility index (Phi) is 5.90. The van der Waals surface area contributed by atoms with Gasteiger partial charge >= 0.3 is 0 Å².